The van der Waals surface area contributed by atoms with E-state index < -0.39 is 16.7 Å². The maximum Gasteiger partial charge on any atom is 0.433 e. The van der Waals surface area contributed by atoms with E-state index in [-0.39, 0.29) is 12.3 Å². The van der Waals surface area contributed by atoms with Gasteiger partial charge in [-0.2, -0.15) is 5.10 Å². The van der Waals surface area contributed by atoms with Crippen LogP contribution in [0, 0.1) is 10.1 Å². The normalized spacial score (nSPS) is 10.5. The maximum absolute atomic E-state index is 11.8. The van der Waals surface area contributed by atoms with Gasteiger partial charge in [-0.25, -0.2) is 4.98 Å². The Kier molecular flexibility index (Phi) is 4.32. The molecule has 0 atom stereocenters. The van der Waals surface area contributed by atoms with Gasteiger partial charge in [-0.15, -0.1) is 0 Å². The summed E-state index contributed by atoms with van der Waals surface area (Å²) in [6.45, 7) is 0.288. The predicted octanol–water partition coefficient (Wildman–Crippen LogP) is 1.95. The lowest BCUT2D eigenvalue weighted by molar-refractivity contribution is -0.402. The molecule has 0 bridgehead atoms. The molecular formula is C15H13N5O4. The molecule has 2 N–H and O–H groups in total. The van der Waals surface area contributed by atoms with E-state index >= 15 is 0 Å². The van der Waals surface area contributed by atoms with Crippen molar-refractivity contribution in [2.24, 2.45) is 0 Å². The number of carbonyl (C=O) groups is 1. The number of hydrogen-bond acceptors (Lipinski definition) is 6. The largest absolute Gasteiger partial charge is 0.433 e. The number of H-pyrrole nitrogens is 1. The van der Waals surface area contributed by atoms with E-state index in [1.165, 1.54) is 6.07 Å². The Bertz CT molecular complexity index is 856. The zero-order valence-electron chi connectivity index (χ0n) is 12.4. The number of nitro groups is 1. The van der Waals surface area contributed by atoms with Gasteiger partial charge in [-0.3, -0.25) is 20.0 Å². The van der Waals surface area contributed by atoms with Crippen molar-refractivity contribution in [3.8, 4) is 11.4 Å². The Morgan fingerprint density at radius 2 is 2.04 bits per heavy atom. The molecule has 0 aliphatic rings. The van der Waals surface area contributed by atoms with Crippen LogP contribution in [0.25, 0.3) is 11.4 Å². The fraction of sp³-hybridized carbons (Fsp3) is 0.133. The molecule has 24 heavy (non-hydrogen) atoms. The van der Waals surface area contributed by atoms with Crippen LogP contribution in [0.3, 0.4) is 0 Å². The van der Waals surface area contributed by atoms with E-state index in [9.17, 15) is 14.9 Å². The minimum atomic E-state index is -0.698. The second-order valence-electron chi connectivity index (χ2n) is 4.87. The third-order valence-corrected chi connectivity index (χ3v) is 3.21. The molecule has 3 rings (SSSR count). The number of hydrogen-bond donors (Lipinski definition) is 2. The van der Waals surface area contributed by atoms with E-state index in [1.807, 2.05) is 30.3 Å². The van der Waals surface area contributed by atoms with Gasteiger partial charge >= 0.3 is 5.88 Å². The Hall–Kier alpha value is -3.49. The molecule has 0 saturated heterocycles. The van der Waals surface area contributed by atoms with Crippen LogP contribution < -0.4 is 5.32 Å². The molecule has 0 aliphatic carbocycles. The van der Waals surface area contributed by atoms with Crippen LogP contribution >= 0.6 is 0 Å². The summed E-state index contributed by atoms with van der Waals surface area (Å²) in [4.78, 5) is 26.0. The van der Waals surface area contributed by atoms with Crippen molar-refractivity contribution in [3.63, 3.8) is 0 Å². The van der Waals surface area contributed by atoms with Crippen molar-refractivity contribution in [2.75, 3.05) is 6.54 Å². The average Bonchev–Trinajstić information content (AvgIpc) is 3.25. The number of nitrogens with zero attached hydrogens (tertiary/aromatic N) is 3. The molecule has 0 unspecified atom stereocenters. The van der Waals surface area contributed by atoms with Gasteiger partial charge in [0.1, 0.15) is 10.7 Å². The Morgan fingerprint density at radius 1 is 1.25 bits per heavy atom. The molecule has 0 saturated carbocycles. The zero-order chi connectivity index (χ0) is 16.9. The van der Waals surface area contributed by atoms with Crippen LogP contribution in [0.2, 0.25) is 0 Å². The molecule has 1 amide bonds. The molecule has 9 heteroatoms. The monoisotopic (exact) mass is 327 g/mol. The maximum atomic E-state index is 11.8. The molecular weight excluding hydrogens is 314 g/mol. The van der Waals surface area contributed by atoms with E-state index in [1.54, 1.807) is 0 Å². The summed E-state index contributed by atoms with van der Waals surface area (Å²) in [5.41, 5.74) is 0.895. The Labute approximate surface area is 135 Å². The van der Waals surface area contributed by atoms with Crippen molar-refractivity contribution >= 4 is 11.8 Å². The highest BCUT2D eigenvalue weighted by molar-refractivity contribution is 5.91. The Balaban J connectivity index is 1.54. The summed E-state index contributed by atoms with van der Waals surface area (Å²) in [7, 11) is 0. The smallest absolute Gasteiger partial charge is 0.395 e. The van der Waals surface area contributed by atoms with Crippen molar-refractivity contribution in [1.82, 2.24) is 20.5 Å². The summed E-state index contributed by atoms with van der Waals surface area (Å²) < 4.78 is 4.82. The molecule has 2 aromatic heterocycles. The highest BCUT2D eigenvalue weighted by Crippen LogP contribution is 2.15. The minimum Gasteiger partial charge on any atom is -0.395 e. The van der Waals surface area contributed by atoms with Gasteiger partial charge < -0.3 is 9.73 Å². The summed E-state index contributed by atoms with van der Waals surface area (Å²) in [6, 6.07) is 11.9. The first-order chi connectivity index (χ1) is 11.6. The van der Waals surface area contributed by atoms with Gasteiger partial charge in [0.15, 0.2) is 11.6 Å². The van der Waals surface area contributed by atoms with E-state index in [4.69, 9.17) is 4.42 Å². The molecule has 0 fully saturated rings. The number of aromatic nitrogens is 3. The second kappa shape index (κ2) is 6.73. The van der Waals surface area contributed by atoms with Crippen molar-refractivity contribution in [1.29, 1.82) is 0 Å². The van der Waals surface area contributed by atoms with Crippen LogP contribution in [-0.2, 0) is 6.42 Å². The highest BCUT2D eigenvalue weighted by Gasteiger charge is 2.17. The third kappa shape index (κ3) is 3.46. The number of benzene rings is 1. The van der Waals surface area contributed by atoms with Gasteiger partial charge in [-0.05, 0) is 6.07 Å². The van der Waals surface area contributed by atoms with Crippen LogP contribution in [0.5, 0.6) is 0 Å². The molecule has 3 aromatic rings. The first kappa shape index (κ1) is 15.4. The number of nitrogens with one attached hydrogen (secondary N) is 2. The second-order valence-corrected chi connectivity index (χ2v) is 4.87. The highest BCUT2D eigenvalue weighted by atomic mass is 16.6. The molecule has 0 aliphatic heterocycles. The third-order valence-electron chi connectivity index (χ3n) is 3.21. The van der Waals surface area contributed by atoms with Gasteiger partial charge in [0.05, 0.1) is 6.07 Å². The van der Waals surface area contributed by atoms with Crippen molar-refractivity contribution in [3.05, 3.63) is 64.2 Å². The zero-order valence-corrected chi connectivity index (χ0v) is 12.4. The average molecular weight is 327 g/mol. The summed E-state index contributed by atoms with van der Waals surface area (Å²) >= 11 is 0. The molecule has 2 heterocycles. The lowest BCUT2D eigenvalue weighted by atomic mass is 10.2. The quantitative estimate of drug-likeness (QED) is 0.526. The van der Waals surface area contributed by atoms with Gasteiger partial charge in [0.25, 0.3) is 5.91 Å². The molecule has 122 valence electrons. The summed E-state index contributed by atoms with van der Waals surface area (Å²) in [6.07, 6.45) is 0.439. The molecule has 0 spiro atoms. The van der Waals surface area contributed by atoms with Crippen molar-refractivity contribution < 1.29 is 14.1 Å². The number of rotatable bonds is 6. The number of furan rings is 1. The number of amides is 1. The van der Waals surface area contributed by atoms with Gasteiger partial charge in [-0.1, -0.05) is 30.3 Å². The van der Waals surface area contributed by atoms with Crippen molar-refractivity contribution in [2.45, 2.75) is 6.42 Å². The van der Waals surface area contributed by atoms with Crippen LogP contribution in [0.1, 0.15) is 16.4 Å². The first-order valence-corrected chi connectivity index (χ1v) is 7.12. The van der Waals surface area contributed by atoms with E-state index in [2.05, 4.69) is 20.5 Å². The van der Waals surface area contributed by atoms with Crippen LogP contribution in [0.15, 0.2) is 46.9 Å². The fourth-order valence-electron chi connectivity index (χ4n) is 2.05. The lowest BCUT2D eigenvalue weighted by Crippen LogP contribution is -2.25. The standard InChI is InChI=1S/C15H13N5O4/c21-15(11-6-7-13(24-11)20(22)23)16-9-8-12-17-14(19-18-12)10-4-2-1-3-5-10/h1-7H,8-9H2,(H,16,21)(H,17,18,19). The Morgan fingerprint density at radius 3 is 2.75 bits per heavy atom. The van der Waals surface area contributed by atoms with E-state index in [0.717, 1.165) is 11.6 Å². The first-order valence-electron chi connectivity index (χ1n) is 7.12. The summed E-state index contributed by atoms with van der Waals surface area (Å²) in [5, 5.41) is 20.1. The van der Waals surface area contributed by atoms with Crippen LogP contribution in [-0.4, -0.2) is 32.6 Å². The molecule has 9 nitrogen and oxygen atoms in total. The summed E-state index contributed by atoms with van der Waals surface area (Å²) in [5.74, 6) is 0.108. The fourth-order valence-corrected chi connectivity index (χ4v) is 2.05. The number of carbonyl (C=O) groups excluding carboxylic acids is 1. The SMILES string of the molecule is O=C(NCCc1nc(-c2ccccc2)n[nH]1)c1ccc([N+](=O)[O-])o1. The predicted molar refractivity (Wildman–Crippen MR) is 83.2 cm³/mol. The number of aromatic amines is 1. The lowest BCUT2D eigenvalue weighted by Gasteiger charge is -2.00. The molecule has 1 aromatic carbocycles. The van der Waals surface area contributed by atoms with Gasteiger partial charge in [0.2, 0.25) is 0 Å². The topological polar surface area (TPSA) is 127 Å². The van der Waals surface area contributed by atoms with Gasteiger partial charge in [0, 0.05) is 18.5 Å². The van der Waals surface area contributed by atoms with E-state index in [0.29, 0.717) is 18.1 Å². The molecule has 0 radical (unpaired) electrons. The van der Waals surface area contributed by atoms with Crippen LogP contribution in [0.4, 0.5) is 5.88 Å². The minimum absolute atomic E-state index is 0.107.